The fourth-order valence-corrected chi connectivity index (χ4v) is 3.99. The summed E-state index contributed by atoms with van der Waals surface area (Å²) in [4.78, 5) is 19.5. The maximum absolute atomic E-state index is 10.6. The molecular weight excluding hydrogens is 408 g/mol. The quantitative estimate of drug-likeness (QED) is 0.429. The Bertz CT molecular complexity index is 1260. The van der Waals surface area contributed by atoms with Gasteiger partial charge in [0.2, 0.25) is 5.82 Å². The SMILES string of the molecule is CC1Cn2ncc(-c3nc(-c4ccc(CNCCC(=O)O)cc4)no3)c2-c2ccncc21. The number of hydrogen-bond donors (Lipinski definition) is 2. The molecule has 32 heavy (non-hydrogen) atoms. The minimum atomic E-state index is -0.810. The zero-order valence-corrected chi connectivity index (χ0v) is 17.5. The van der Waals surface area contributed by atoms with E-state index in [0.717, 1.165) is 34.5 Å². The van der Waals surface area contributed by atoms with E-state index in [-0.39, 0.29) is 6.42 Å². The Labute approximate surface area is 184 Å². The number of carbonyl (C=O) groups is 1. The largest absolute Gasteiger partial charge is 0.481 e. The lowest BCUT2D eigenvalue weighted by Gasteiger charge is -2.23. The van der Waals surface area contributed by atoms with Crippen LogP contribution < -0.4 is 5.32 Å². The predicted octanol–water partition coefficient (Wildman–Crippen LogP) is 3.34. The summed E-state index contributed by atoms with van der Waals surface area (Å²) in [6.45, 7) is 3.97. The zero-order chi connectivity index (χ0) is 22.1. The molecule has 0 amide bonds. The van der Waals surface area contributed by atoms with Crippen molar-refractivity contribution in [3.05, 3.63) is 60.0 Å². The highest BCUT2D eigenvalue weighted by molar-refractivity contribution is 5.80. The molecule has 0 aliphatic carbocycles. The molecule has 1 aromatic carbocycles. The van der Waals surface area contributed by atoms with Crippen molar-refractivity contribution in [2.24, 2.45) is 0 Å². The second kappa shape index (κ2) is 8.35. The number of carboxylic acid groups (broad SMARTS) is 1. The molecule has 5 rings (SSSR count). The van der Waals surface area contributed by atoms with Crippen molar-refractivity contribution in [2.45, 2.75) is 32.4 Å². The van der Waals surface area contributed by atoms with Gasteiger partial charge in [-0.05, 0) is 17.2 Å². The van der Waals surface area contributed by atoms with Crippen LogP contribution in [-0.4, -0.2) is 42.5 Å². The summed E-state index contributed by atoms with van der Waals surface area (Å²) < 4.78 is 7.59. The molecule has 9 nitrogen and oxygen atoms in total. The number of benzene rings is 1. The van der Waals surface area contributed by atoms with Crippen LogP contribution >= 0.6 is 0 Å². The molecule has 0 fully saturated rings. The summed E-state index contributed by atoms with van der Waals surface area (Å²) in [5, 5.41) is 20.5. The van der Waals surface area contributed by atoms with Crippen LogP contribution in [0.4, 0.5) is 0 Å². The van der Waals surface area contributed by atoms with Gasteiger partial charge in [0, 0.05) is 49.1 Å². The van der Waals surface area contributed by atoms with Gasteiger partial charge in [0.1, 0.15) is 0 Å². The molecule has 1 unspecified atom stereocenters. The Balaban J connectivity index is 1.36. The van der Waals surface area contributed by atoms with Crippen molar-refractivity contribution >= 4 is 5.97 Å². The molecule has 0 bridgehead atoms. The number of aliphatic carboxylic acids is 1. The second-order valence-corrected chi connectivity index (χ2v) is 7.89. The maximum Gasteiger partial charge on any atom is 0.304 e. The van der Waals surface area contributed by atoms with E-state index in [2.05, 4.69) is 32.5 Å². The third kappa shape index (κ3) is 3.78. The van der Waals surface area contributed by atoms with Gasteiger partial charge < -0.3 is 14.9 Å². The van der Waals surface area contributed by atoms with Crippen LogP contribution in [0.3, 0.4) is 0 Å². The molecule has 1 aliphatic heterocycles. The van der Waals surface area contributed by atoms with Gasteiger partial charge in [0.25, 0.3) is 5.89 Å². The predicted molar refractivity (Wildman–Crippen MR) is 117 cm³/mol. The number of carboxylic acids is 1. The first-order valence-electron chi connectivity index (χ1n) is 10.5. The molecule has 0 saturated carbocycles. The summed E-state index contributed by atoms with van der Waals surface area (Å²) in [6.07, 6.45) is 5.58. The second-order valence-electron chi connectivity index (χ2n) is 7.89. The van der Waals surface area contributed by atoms with Crippen LogP contribution in [0.25, 0.3) is 34.1 Å². The lowest BCUT2D eigenvalue weighted by Crippen LogP contribution is -2.17. The minimum absolute atomic E-state index is 0.0994. The molecular formula is C23H22N6O3. The van der Waals surface area contributed by atoms with Crippen molar-refractivity contribution < 1.29 is 14.4 Å². The van der Waals surface area contributed by atoms with Crippen LogP contribution in [0.1, 0.15) is 30.4 Å². The van der Waals surface area contributed by atoms with Crippen molar-refractivity contribution in [3.8, 4) is 34.1 Å². The summed E-state index contributed by atoms with van der Waals surface area (Å²) in [5.41, 5.74) is 5.95. The highest BCUT2D eigenvalue weighted by Crippen LogP contribution is 2.40. The van der Waals surface area contributed by atoms with Gasteiger partial charge in [0.15, 0.2) is 0 Å². The van der Waals surface area contributed by atoms with Gasteiger partial charge in [-0.15, -0.1) is 0 Å². The van der Waals surface area contributed by atoms with Crippen molar-refractivity contribution in [1.29, 1.82) is 0 Å². The summed E-state index contributed by atoms with van der Waals surface area (Å²) >= 11 is 0. The minimum Gasteiger partial charge on any atom is -0.481 e. The number of hydrogen-bond acceptors (Lipinski definition) is 7. The zero-order valence-electron chi connectivity index (χ0n) is 17.5. The molecule has 3 aromatic heterocycles. The van der Waals surface area contributed by atoms with E-state index in [4.69, 9.17) is 9.63 Å². The first kappa shape index (κ1) is 20.1. The molecule has 4 heterocycles. The van der Waals surface area contributed by atoms with Crippen LogP contribution in [0, 0.1) is 0 Å². The van der Waals surface area contributed by atoms with Gasteiger partial charge in [-0.3, -0.25) is 14.5 Å². The molecule has 162 valence electrons. The van der Waals surface area contributed by atoms with Crippen LogP contribution in [0.5, 0.6) is 0 Å². The summed E-state index contributed by atoms with van der Waals surface area (Å²) in [7, 11) is 0. The van der Waals surface area contributed by atoms with E-state index < -0.39 is 5.97 Å². The van der Waals surface area contributed by atoms with Gasteiger partial charge >= 0.3 is 5.97 Å². The Hall–Kier alpha value is -3.85. The molecule has 4 aromatic rings. The van der Waals surface area contributed by atoms with Crippen LogP contribution in [0.2, 0.25) is 0 Å². The lowest BCUT2D eigenvalue weighted by atomic mass is 9.91. The number of pyridine rings is 1. The highest BCUT2D eigenvalue weighted by atomic mass is 16.5. The summed E-state index contributed by atoms with van der Waals surface area (Å²) in [5.74, 6) is 0.451. The Kier molecular flexibility index (Phi) is 5.24. The van der Waals surface area contributed by atoms with Crippen molar-refractivity contribution in [3.63, 3.8) is 0 Å². The molecule has 0 spiro atoms. The monoisotopic (exact) mass is 430 g/mol. The fraction of sp³-hybridized carbons (Fsp3) is 0.261. The van der Waals surface area contributed by atoms with Gasteiger partial charge in [0.05, 0.1) is 23.9 Å². The van der Waals surface area contributed by atoms with E-state index in [9.17, 15) is 4.79 Å². The third-order valence-corrected chi connectivity index (χ3v) is 5.64. The highest BCUT2D eigenvalue weighted by Gasteiger charge is 2.28. The Morgan fingerprint density at radius 1 is 1.22 bits per heavy atom. The molecule has 9 heteroatoms. The molecule has 2 N–H and O–H groups in total. The van der Waals surface area contributed by atoms with Crippen LogP contribution in [0.15, 0.2) is 53.4 Å². The van der Waals surface area contributed by atoms with Crippen molar-refractivity contribution in [1.82, 2.24) is 30.2 Å². The van der Waals surface area contributed by atoms with Gasteiger partial charge in [-0.2, -0.15) is 10.1 Å². The Morgan fingerprint density at radius 2 is 2.06 bits per heavy atom. The third-order valence-electron chi connectivity index (χ3n) is 5.64. The first-order valence-corrected chi connectivity index (χ1v) is 10.5. The first-order chi connectivity index (χ1) is 15.6. The number of nitrogens with zero attached hydrogens (tertiary/aromatic N) is 5. The van der Waals surface area contributed by atoms with Crippen LogP contribution in [-0.2, 0) is 17.9 Å². The van der Waals surface area contributed by atoms with E-state index in [1.54, 1.807) is 12.4 Å². The molecule has 1 atom stereocenters. The smallest absolute Gasteiger partial charge is 0.304 e. The van der Waals surface area contributed by atoms with Gasteiger partial charge in [-0.25, -0.2) is 0 Å². The molecule has 0 radical (unpaired) electrons. The number of rotatable bonds is 7. The fourth-order valence-electron chi connectivity index (χ4n) is 3.99. The average molecular weight is 430 g/mol. The van der Waals surface area contributed by atoms with Crippen molar-refractivity contribution in [2.75, 3.05) is 6.54 Å². The normalized spacial score (nSPS) is 14.7. The Morgan fingerprint density at radius 3 is 2.88 bits per heavy atom. The number of fused-ring (bicyclic) bond motifs is 3. The number of nitrogens with one attached hydrogen (secondary N) is 1. The number of aromatic nitrogens is 5. The maximum atomic E-state index is 10.6. The van der Waals surface area contributed by atoms with E-state index in [1.165, 1.54) is 5.56 Å². The topological polar surface area (TPSA) is 119 Å². The van der Waals surface area contributed by atoms with E-state index in [1.807, 2.05) is 41.2 Å². The standard InChI is InChI=1S/C23H22N6O3/c1-14-13-29-21(17-6-8-25-11-18(14)17)19(12-26-29)23-27-22(28-32-23)16-4-2-15(3-5-16)10-24-9-7-20(30)31/h2-6,8,11-12,14,24H,7,9-10,13H2,1H3,(H,30,31). The molecule has 0 saturated heterocycles. The van der Waals surface area contributed by atoms with Gasteiger partial charge in [-0.1, -0.05) is 36.3 Å². The van der Waals surface area contributed by atoms with E-state index in [0.29, 0.717) is 30.7 Å². The summed E-state index contributed by atoms with van der Waals surface area (Å²) in [6, 6.07) is 9.79. The van der Waals surface area contributed by atoms with E-state index >= 15 is 0 Å². The lowest BCUT2D eigenvalue weighted by molar-refractivity contribution is -0.136. The average Bonchev–Trinajstić information content (AvgIpc) is 3.44. The molecule has 1 aliphatic rings.